The first-order valence-electron chi connectivity index (χ1n) is 7.61. The molecule has 5 heteroatoms. The molecule has 1 atom stereocenters. The molecule has 1 unspecified atom stereocenters. The van der Waals surface area contributed by atoms with Crippen molar-refractivity contribution in [3.63, 3.8) is 0 Å². The number of carbonyl (C=O) groups is 1. The average molecular weight is 370 g/mol. The number of amides is 1. The van der Waals surface area contributed by atoms with Crippen LogP contribution < -0.4 is 4.74 Å². The summed E-state index contributed by atoms with van der Waals surface area (Å²) in [4.78, 5) is 14.4. The molecule has 1 aliphatic rings. The number of hydrogen-bond donors (Lipinski definition) is 0. The van der Waals surface area contributed by atoms with Crippen LogP contribution in [0.25, 0.3) is 0 Å². The number of fused-ring (bicyclic) bond motifs is 1. The van der Waals surface area contributed by atoms with Crippen LogP contribution in [0.3, 0.4) is 0 Å². The van der Waals surface area contributed by atoms with Gasteiger partial charge in [-0.1, -0.05) is 35.8 Å². The standard InChI is InChI=1S/C17H24BrNO3/c1-11(2)15-13-7-6-12(18)10-14(13)21-9-8-19(15)16(20)22-17(3,4)5/h6-7,10-11,15H,8-9H2,1-5H3. The van der Waals surface area contributed by atoms with E-state index in [1.807, 2.05) is 39.0 Å². The highest BCUT2D eigenvalue weighted by Gasteiger charge is 2.34. The molecule has 0 fully saturated rings. The van der Waals surface area contributed by atoms with E-state index in [9.17, 15) is 4.79 Å². The van der Waals surface area contributed by atoms with Crippen molar-refractivity contribution in [1.82, 2.24) is 4.90 Å². The van der Waals surface area contributed by atoms with Gasteiger partial charge < -0.3 is 9.47 Å². The minimum atomic E-state index is -0.506. The lowest BCUT2D eigenvalue weighted by Gasteiger charge is -2.34. The van der Waals surface area contributed by atoms with Crippen molar-refractivity contribution in [2.24, 2.45) is 5.92 Å². The number of ether oxygens (including phenoxy) is 2. The van der Waals surface area contributed by atoms with Crippen LogP contribution in [0.4, 0.5) is 4.79 Å². The Morgan fingerprint density at radius 3 is 2.68 bits per heavy atom. The largest absolute Gasteiger partial charge is 0.491 e. The lowest BCUT2D eigenvalue weighted by molar-refractivity contribution is 0.0102. The van der Waals surface area contributed by atoms with Gasteiger partial charge in [0.2, 0.25) is 0 Å². The summed E-state index contributed by atoms with van der Waals surface area (Å²) in [7, 11) is 0. The molecule has 2 rings (SSSR count). The second-order valence-electron chi connectivity index (χ2n) is 6.89. The van der Waals surface area contributed by atoms with Crippen LogP contribution in [0.2, 0.25) is 0 Å². The highest BCUT2D eigenvalue weighted by Crippen LogP contribution is 2.38. The van der Waals surface area contributed by atoms with Crippen LogP contribution in [0, 0.1) is 5.92 Å². The van der Waals surface area contributed by atoms with Gasteiger partial charge in [0.05, 0.1) is 12.6 Å². The molecule has 0 N–H and O–H groups in total. The Bertz CT molecular complexity index is 551. The van der Waals surface area contributed by atoms with E-state index < -0.39 is 5.60 Å². The molecule has 0 radical (unpaired) electrons. The molecule has 1 aliphatic heterocycles. The molecule has 0 aromatic heterocycles. The average Bonchev–Trinajstić information content (AvgIpc) is 2.55. The van der Waals surface area contributed by atoms with Gasteiger partial charge in [0.1, 0.15) is 18.0 Å². The number of benzene rings is 1. The van der Waals surface area contributed by atoms with Gasteiger partial charge in [-0.15, -0.1) is 0 Å². The summed E-state index contributed by atoms with van der Waals surface area (Å²) in [5.74, 6) is 1.09. The Morgan fingerprint density at radius 1 is 1.41 bits per heavy atom. The van der Waals surface area contributed by atoms with E-state index >= 15 is 0 Å². The van der Waals surface area contributed by atoms with Crippen LogP contribution in [0.5, 0.6) is 5.75 Å². The SMILES string of the molecule is CC(C)C1c2ccc(Br)cc2OCCN1C(=O)OC(C)(C)C. The lowest BCUT2D eigenvalue weighted by atomic mass is 9.94. The summed E-state index contributed by atoms with van der Waals surface area (Å²) in [5, 5.41) is 0. The van der Waals surface area contributed by atoms with Gasteiger partial charge in [-0.25, -0.2) is 4.79 Å². The zero-order valence-electron chi connectivity index (χ0n) is 13.9. The predicted molar refractivity (Wildman–Crippen MR) is 90.2 cm³/mol. The smallest absolute Gasteiger partial charge is 0.410 e. The summed E-state index contributed by atoms with van der Waals surface area (Å²) in [6, 6.07) is 5.91. The second-order valence-corrected chi connectivity index (χ2v) is 7.81. The third-order valence-corrected chi connectivity index (χ3v) is 3.97. The molecule has 1 aromatic rings. The lowest BCUT2D eigenvalue weighted by Crippen LogP contribution is -2.41. The second kappa shape index (κ2) is 6.49. The number of nitrogens with zero attached hydrogens (tertiary/aromatic N) is 1. The topological polar surface area (TPSA) is 38.8 Å². The molecule has 1 amide bonds. The Labute approximate surface area is 140 Å². The van der Waals surface area contributed by atoms with E-state index in [0.717, 1.165) is 15.8 Å². The number of rotatable bonds is 1. The van der Waals surface area contributed by atoms with E-state index in [-0.39, 0.29) is 18.1 Å². The summed E-state index contributed by atoms with van der Waals surface area (Å²) in [5.41, 5.74) is 0.524. The van der Waals surface area contributed by atoms with Gasteiger partial charge in [0, 0.05) is 10.0 Å². The Morgan fingerprint density at radius 2 is 2.09 bits per heavy atom. The van der Waals surface area contributed by atoms with E-state index in [4.69, 9.17) is 9.47 Å². The Balaban J connectivity index is 2.38. The first kappa shape index (κ1) is 17.1. The minimum Gasteiger partial charge on any atom is -0.491 e. The quantitative estimate of drug-likeness (QED) is 0.715. The number of halogens is 1. The van der Waals surface area contributed by atoms with Crippen molar-refractivity contribution in [2.45, 2.75) is 46.3 Å². The fourth-order valence-corrected chi connectivity index (χ4v) is 3.02. The van der Waals surface area contributed by atoms with Gasteiger partial charge in [-0.05, 0) is 38.8 Å². The van der Waals surface area contributed by atoms with Crippen molar-refractivity contribution >= 4 is 22.0 Å². The summed E-state index contributed by atoms with van der Waals surface area (Å²) >= 11 is 3.47. The third-order valence-electron chi connectivity index (χ3n) is 3.48. The van der Waals surface area contributed by atoms with Crippen LogP contribution in [-0.4, -0.2) is 29.7 Å². The summed E-state index contributed by atoms with van der Waals surface area (Å²) in [6.45, 7) is 10.9. The molecule has 1 heterocycles. The van der Waals surface area contributed by atoms with Crippen LogP contribution >= 0.6 is 15.9 Å². The maximum atomic E-state index is 12.6. The molecule has 122 valence electrons. The maximum Gasteiger partial charge on any atom is 0.410 e. The Kier molecular flexibility index (Phi) is 5.05. The molecule has 0 saturated carbocycles. The predicted octanol–water partition coefficient (Wildman–Crippen LogP) is 4.78. The normalized spacial score (nSPS) is 18.5. The van der Waals surface area contributed by atoms with Crippen LogP contribution in [0.15, 0.2) is 22.7 Å². The van der Waals surface area contributed by atoms with Crippen molar-refractivity contribution in [3.05, 3.63) is 28.2 Å². The zero-order valence-corrected chi connectivity index (χ0v) is 15.4. The van der Waals surface area contributed by atoms with Crippen LogP contribution in [-0.2, 0) is 4.74 Å². The highest BCUT2D eigenvalue weighted by atomic mass is 79.9. The van der Waals surface area contributed by atoms with Crippen molar-refractivity contribution in [2.75, 3.05) is 13.2 Å². The molecule has 22 heavy (non-hydrogen) atoms. The first-order valence-corrected chi connectivity index (χ1v) is 8.40. The van der Waals surface area contributed by atoms with Crippen molar-refractivity contribution in [3.8, 4) is 5.75 Å². The monoisotopic (exact) mass is 369 g/mol. The van der Waals surface area contributed by atoms with Crippen LogP contribution in [0.1, 0.15) is 46.2 Å². The van der Waals surface area contributed by atoms with Gasteiger partial charge >= 0.3 is 6.09 Å². The maximum absolute atomic E-state index is 12.6. The Hall–Kier alpha value is -1.23. The molecular weight excluding hydrogens is 346 g/mol. The fourth-order valence-electron chi connectivity index (χ4n) is 2.68. The summed E-state index contributed by atoms with van der Waals surface area (Å²) in [6.07, 6.45) is -0.287. The number of carbonyl (C=O) groups excluding carboxylic acids is 1. The van der Waals surface area contributed by atoms with E-state index in [0.29, 0.717) is 13.2 Å². The number of hydrogen-bond acceptors (Lipinski definition) is 3. The minimum absolute atomic E-state index is 0.0551. The van der Waals surface area contributed by atoms with Gasteiger partial charge in [-0.2, -0.15) is 0 Å². The first-order chi connectivity index (χ1) is 10.2. The molecule has 0 saturated heterocycles. The third kappa shape index (κ3) is 3.94. The zero-order chi connectivity index (χ0) is 16.5. The van der Waals surface area contributed by atoms with E-state index in [1.165, 1.54) is 0 Å². The molecule has 0 spiro atoms. The highest BCUT2D eigenvalue weighted by molar-refractivity contribution is 9.10. The molecule has 0 bridgehead atoms. The van der Waals surface area contributed by atoms with E-state index in [1.54, 1.807) is 4.90 Å². The van der Waals surface area contributed by atoms with Crippen molar-refractivity contribution in [1.29, 1.82) is 0 Å². The van der Waals surface area contributed by atoms with Gasteiger partial charge in [-0.3, -0.25) is 4.90 Å². The van der Waals surface area contributed by atoms with E-state index in [2.05, 4.69) is 29.8 Å². The fraction of sp³-hybridized carbons (Fsp3) is 0.588. The van der Waals surface area contributed by atoms with Gasteiger partial charge in [0.15, 0.2) is 0 Å². The molecule has 1 aromatic carbocycles. The van der Waals surface area contributed by atoms with Crippen molar-refractivity contribution < 1.29 is 14.3 Å². The molecule has 0 aliphatic carbocycles. The molecule has 4 nitrogen and oxygen atoms in total. The van der Waals surface area contributed by atoms with Gasteiger partial charge in [0.25, 0.3) is 0 Å². The molecular formula is C17H24BrNO3. The summed E-state index contributed by atoms with van der Waals surface area (Å²) < 4.78 is 12.4.